The Morgan fingerprint density at radius 1 is 0.667 bits per heavy atom. The van der Waals surface area contributed by atoms with E-state index in [1.165, 1.54) is 34.3 Å². The summed E-state index contributed by atoms with van der Waals surface area (Å²) in [5.74, 6) is 1.75. The quantitative estimate of drug-likeness (QED) is 0.167. The van der Waals surface area contributed by atoms with Crippen LogP contribution in [0.2, 0.25) is 0 Å². The van der Waals surface area contributed by atoms with Gasteiger partial charge in [-0.25, -0.2) is 4.98 Å². The molecule has 0 spiro atoms. The molecule has 7 nitrogen and oxygen atoms in total. The summed E-state index contributed by atoms with van der Waals surface area (Å²) in [5.41, 5.74) is 13.5. The predicted molar refractivity (Wildman–Crippen MR) is 175 cm³/mol. The SMILES string of the molecule is Cc1cccc(C)c1-n1ccnc1-c1[c-]cc2ocnc2c1.Cc1cccc(C)c1-n1ccnc1-c1[c-]cc2scnc2c1.[Ir]. The Morgan fingerprint density at radius 3 is 1.78 bits per heavy atom. The van der Waals surface area contributed by atoms with Crippen LogP contribution in [-0.2, 0) is 20.1 Å². The third-order valence-electron chi connectivity index (χ3n) is 7.65. The van der Waals surface area contributed by atoms with Crippen molar-refractivity contribution in [2.75, 3.05) is 0 Å². The van der Waals surface area contributed by atoms with Gasteiger partial charge in [-0.05, 0) is 60.2 Å². The zero-order chi connectivity index (χ0) is 30.2. The standard InChI is InChI=1S/C18H14N3O.C18H14N3S.Ir/c2*1-12-4-3-5-13(2)17(12)21-9-8-19-18(21)14-6-7-16-15(10-14)20-11-22-16;/h2*3-5,7-11H,1-2H3;/q2*-1;. The molecule has 0 atom stereocenters. The monoisotopic (exact) mass is 785 g/mol. The van der Waals surface area contributed by atoms with Gasteiger partial charge < -0.3 is 13.6 Å². The number of thiazole rings is 1. The smallest absolute Gasteiger partial charge is 0.169 e. The molecule has 0 N–H and O–H groups in total. The molecule has 4 aromatic heterocycles. The van der Waals surface area contributed by atoms with Gasteiger partial charge in [0, 0.05) is 61.8 Å². The zero-order valence-electron chi connectivity index (χ0n) is 25.1. The number of oxazole rings is 1. The number of nitrogens with zero attached hydrogens (tertiary/aromatic N) is 6. The molecule has 45 heavy (non-hydrogen) atoms. The van der Waals surface area contributed by atoms with Crippen molar-refractivity contribution in [1.82, 2.24) is 29.1 Å². The molecule has 0 aliphatic heterocycles. The Morgan fingerprint density at radius 2 is 1.20 bits per heavy atom. The fourth-order valence-corrected chi connectivity index (χ4v) is 6.24. The number of imidazole rings is 2. The third kappa shape index (κ3) is 5.78. The van der Waals surface area contributed by atoms with E-state index in [1.54, 1.807) is 17.4 Å². The molecule has 8 rings (SSSR count). The maximum absolute atomic E-state index is 5.27. The van der Waals surface area contributed by atoms with Crippen LogP contribution in [0.15, 0.2) is 102 Å². The van der Waals surface area contributed by atoms with Crippen molar-refractivity contribution in [1.29, 1.82) is 0 Å². The van der Waals surface area contributed by atoms with Crippen LogP contribution >= 0.6 is 11.3 Å². The summed E-state index contributed by atoms with van der Waals surface area (Å²) >= 11 is 1.63. The fourth-order valence-electron chi connectivity index (χ4n) is 5.60. The number of para-hydroxylation sites is 2. The molecule has 0 saturated carbocycles. The van der Waals surface area contributed by atoms with E-state index in [0.29, 0.717) is 0 Å². The fraction of sp³-hybridized carbons (Fsp3) is 0.111. The van der Waals surface area contributed by atoms with E-state index in [0.717, 1.165) is 49.8 Å². The van der Waals surface area contributed by atoms with Crippen molar-refractivity contribution in [3.63, 3.8) is 0 Å². The number of aryl methyl sites for hydroxylation is 4. The number of hydrogen-bond donors (Lipinski definition) is 0. The number of aromatic nitrogens is 6. The predicted octanol–water partition coefficient (Wildman–Crippen LogP) is 8.66. The second-order valence-corrected chi connectivity index (χ2v) is 11.5. The Labute approximate surface area is 278 Å². The van der Waals surface area contributed by atoms with Gasteiger partial charge in [-0.3, -0.25) is 15.0 Å². The van der Waals surface area contributed by atoms with Crippen LogP contribution in [0.1, 0.15) is 22.3 Å². The Kier molecular flexibility index (Phi) is 8.59. The van der Waals surface area contributed by atoms with Crippen molar-refractivity contribution in [3.8, 4) is 34.2 Å². The number of hydrogen-bond acceptors (Lipinski definition) is 6. The van der Waals surface area contributed by atoms with Gasteiger partial charge in [0.15, 0.2) is 6.39 Å². The Bertz CT molecular complexity index is 2060. The van der Waals surface area contributed by atoms with E-state index in [2.05, 4.69) is 111 Å². The van der Waals surface area contributed by atoms with Crippen LogP contribution in [0.5, 0.6) is 0 Å². The van der Waals surface area contributed by atoms with Gasteiger partial charge in [-0.15, -0.1) is 47.5 Å². The van der Waals surface area contributed by atoms with Crippen LogP contribution in [0.3, 0.4) is 0 Å². The molecular formula is C36H28IrN6OS-2. The van der Waals surface area contributed by atoms with Gasteiger partial charge in [-0.2, -0.15) is 11.3 Å². The summed E-state index contributed by atoms with van der Waals surface area (Å²) in [6.45, 7) is 8.46. The van der Waals surface area contributed by atoms with E-state index in [4.69, 9.17) is 4.42 Å². The van der Waals surface area contributed by atoms with Crippen LogP contribution < -0.4 is 0 Å². The molecule has 0 aliphatic carbocycles. The molecular weight excluding hydrogens is 757 g/mol. The van der Waals surface area contributed by atoms with Gasteiger partial charge in [0.25, 0.3) is 0 Å². The Hall–Kier alpha value is -4.69. The first-order valence-electron chi connectivity index (χ1n) is 14.2. The van der Waals surface area contributed by atoms with Crippen LogP contribution in [0.25, 0.3) is 55.5 Å². The molecule has 225 valence electrons. The average molecular weight is 785 g/mol. The molecule has 0 bridgehead atoms. The van der Waals surface area contributed by atoms with Crippen LogP contribution in [-0.4, -0.2) is 29.1 Å². The summed E-state index contributed by atoms with van der Waals surface area (Å²) in [5, 5.41) is 0. The number of rotatable bonds is 4. The van der Waals surface area contributed by atoms with Crippen LogP contribution in [0, 0.1) is 39.8 Å². The molecule has 8 aromatic rings. The normalized spacial score (nSPS) is 10.9. The van der Waals surface area contributed by atoms with Gasteiger partial charge in [0.05, 0.1) is 22.7 Å². The Balaban J connectivity index is 0.000000155. The molecule has 1 radical (unpaired) electrons. The summed E-state index contributed by atoms with van der Waals surface area (Å²) < 4.78 is 10.7. The van der Waals surface area contributed by atoms with E-state index >= 15 is 0 Å². The molecule has 0 amide bonds. The minimum absolute atomic E-state index is 0. The number of benzene rings is 4. The van der Waals surface area contributed by atoms with E-state index in [1.807, 2.05) is 42.4 Å². The largest absolute Gasteiger partial charge is 0.490 e. The van der Waals surface area contributed by atoms with Gasteiger partial charge >= 0.3 is 0 Å². The zero-order valence-corrected chi connectivity index (χ0v) is 28.3. The second kappa shape index (κ2) is 12.7. The molecule has 0 fully saturated rings. The summed E-state index contributed by atoms with van der Waals surface area (Å²) in [7, 11) is 0. The maximum Gasteiger partial charge on any atom is 0.169 e. The van der Waals surface area contributed by atoms with Gasteiger partial charge in [0.2, 0.25) is 0 Å². The third-order valence-corrected chi connectivity index (χ3v) is 8.44. The molecule has 0 aliphatic rings. The van der Waals surface area contributed by atoms with E-state index < -0.39 is 0 Å². The molecule has 4 heterocycles. The van der Waals surface area contributed by atoms with E-state index in [9.17, 15) is 0 Å². The van der Waals surface area contributed by atoms with Crippen molar-refractivity contribution in [3.05, 3.63) is 132 Å². The second-order valence-electron chi connectivity index (χ2n) is 10.6. The van der Waals surface area contributed by atoms with Crippen LogP contribution in [0.4, 0.5) is 0 Å². The topological polar surface area (TPSA) is 74.6 Å². The van der Waals surface area contributed by atoms with Crippen molar-refractivity contribution in [2.45, 2.75) is 27.7 Å². The summed E-state index contributed by atoms with van der Waals surface area (Å²) in [6, 6.07) is 27.0. The van der Waals surface area contributed by atoms with E-state index in [-0.39, 0.29) is 20.1 Å². The molecule has 4 aromatic carbocycles. The van der Waals surface area contributed by atoms with Crippen molar-refractivity contribution in [2.24, 2.45) is 0 Å². The molecule has 0 saturated heterocycles. The summed E-state index contributed by atoms with van der Waals surface area (Å²) in [6.07, 6.45) is 9.07. The molecule has 9 heteroatoms. The van der Waals surface area contributed by atoms with Crippen molar-refractivity contribution < 1.29 is 24.5 Å². The number of fused-ring (bicyclic) bond motifs is 2. The first kappa shape index (κ1) is 30.3. The van der Waals surface area contributed by atoms with Gasteiger partial charge in [-0.1, -0.05) is 36.4 Å². The average Bonchev–Trinajstić information content (AvgIpc) is 3.84. The minimum atomic E-state index is 0. The van der Waals surface area contributed by atoms with Crippen molar-refractivity contribution >= 4 is 32.7 Å². The first-order valence-corrected chi connectivity index (χ1v) is 15.1. The summed E-state index contributed by atoms with van der Waals surface area (Å²) in [4.78, 5) is 17.6. The first-order chi connectivity index (χ1) is 21.5. The maximum atomic E-state index is 5.27. The molecule has 0 unspecified atom stereocenters. The van der Waals surface area contributed by atoms with Gasteiger partial charge in [0.1, 0.15) is 0 Å². The minimum Gasteiger partial charge on any atom is -0.490 e.